The van der Waals surface area contributed by atoms with E-state index in [1.165, 1.54) is 0 Å². The number of ether oxygens (including phenoxy) is 1. The number of hydrogen-bond donors (Lipinski definition) is 4. The van der Waals surface area contributed by atoms with E-state index >= 15 is 0 Å². The topological polar surface area (TPSA) is 122 Å². The number of aliphatic hydroxyl groups is 1. The number of hydrogen-bond acceptors (Lipinski definition) is 5. The molecule has 0 bridgehead atoms. The highest BCUT2D eigenvalue weighted by Gasteiger charge is 2.67. The van der Waals surface area contributed by atoms with Crippen molar-refractivity contribution in [2.75, 3.05) is 6.61 Å². The summed E-state index contributed by atoms with van der Waals surface area (Å²) < 4.78 is 5.76. The number of nitrogens with one attached hydrogen (secondary N) is 1. The number of carboxylic acids is 1. The fourth-order valence-electron chi connectivity index (χ4n) is 8.44. The van der Waals surface area contributed by atoms with Crippen molar-refractivity contribution in [3.8, 4) is 0 Å². The third-order valence-corrected chi connectivity index (χ3v) is 10.5. The zero-order valence-corrected chi connectivity index (χ0v) is 19.9. The van der Waals surface area contributed by atoms with Crippen molar-refractivity contribution in [2.45, 2.75) is 103 Å². The second-order valence-corrected chi connectivity index (χ2v) is 11.8. The number of nitrogens with two attached hydrogens (primary N) is 1. The van der Waals surface area contributed by atoms with Crippen molar-refractivity contribution in [3.63, 3.8) is 0 Å². The van der Waals surface area contributed by atoms with Crippen LogP contribution in [0.4, 0.5) is 4.79 Å². The van der Waals surface area contributed by atoms with Gasteiger partial charge < -0.3 is 26.0 Å². The van der Waals surface area contributed by atoms with Crippen molar-refractivity contribution in [1.82, 2.24) is 5.32 Å². The van der Waals surface area contributed by atoms with Crippen LogP contribution in [0.3, 0.4) is 0 Å². The Morgan fingerprint density at radius 3 is 2.53 bits per heavy atom. The molecule has 0 aromatic rings. The Morgan fingerprint density at radius 1 is 1.09 bits per heavy atom. The van der Waals surface area contributed by atoms with Crippen molar-refractivity contribution < 1.29 is 24.5 Å². The van der Waals surface area contributed by atoms with Gasteiger partial charge in [0.15, 0.2) is 0 Å². The molecule has 4 aliphatic carbocycles. The molecule has 0 aromatic heterocycles. The van der Waals surface area contributed by atoms with Gasteiger partial charge in [-0.05, 0) is 99.7 Å². The van der Waals surface area contributed by atoms with E-state index in [2.05, 4.69) is 19.2 Å². The summed E-state index contributed by atoms with van der Waals surface area (Å²) in [6.07, 6.45) is 8.47. The van der Waals surface area contributed by atoms with E-state index in [4.69, 9.17) is 15.6 Å². The molecule has 32 heavy (non-hydrogen) atoms. The number of alkyl carbamates (subject to hydrolysis) is 1. The average Bonchev–Trinajstić information content (AvgIpc) is 3.00. The van der Waals surface area contributed by atoms with E-state index in [0.717, 1.165) is 51.4 Å². The van der Waals surface area contributed by atoms with Gasteiger partial charge in [0.2, 0.25) is 0 Å². The molecule has 4 rings (SSSR count). The Balaban J connectivity index is 1.44. The lowest BCUT2D eigenvalue weighted by Crippen LogP contribution is -2.66. The van der Waals surface area contributed by atoms with Crippen LogP contribution in [-0.2, 0) is 9.53 Å². The van der Waals surface area contributed by atoms with Crippen LogP contribution < -0.4 is 11.1 Å². The lowest BCUT2D eigenvalue weighted by Gasteiger charge is -2.64. The molecule has 7 nitrogen and oxygen atoms in total. The highest BCUT2D eigenvalue weighted by atomic mass is 16.6. The third kappa shape index (κ3) is 3.64. The zero-order chi connectivity index (χ0) is 23.3. The van der Waals surface area contributed by atoms with Gasteiger partial charge in [-0.25, -0.2) is 4.79 Å². The van der Waals surface area contributed by atoms with Crippen LogP contribution >= 0.6 is 0 Å². The lowest BCUT2D eigenvalue weighted by molar-refractivity contribution is -0.157. The fourth-order valence-corrected chi connectivity index (χ4v) is 8.44. The van der Waals surface area contributed by atoms with Crippen LogP contribution in [0.25, 0.3) is 0 Å². The van der Waals surface area contributed by atoms with E-state index in [1.807, 2.05) is 6.92 Å². The van der Waals surface area contributed by atoms with Crippen molar-refractivity contribution in [1.29, 1.82) is 0 Å². The van der Waals surface area contributed by atoms with E-state index in [1.54, 1.807) is 0 Å². The largest absolute Gasteiger partial charge is 0.481 e. The molecule has 0 aromatic carbocycles. The first-order valence-electron chi connectivity index (χ1n) is 12.6. The summed E-state index contributed by atoms with van der Waals surface area (Å²) in [5, 5.41) is 21.7. The Hall–Kier alpha value is -1.34. The maximum absolute atomic E-state index is 12.3. The quantitative estimate of drug-likeness (QED) is 0.507. The molecule has 4 unspecified atom stereocenters. The van der Waals surface area contributed by atoms with Crippen LogP contribution in [0.15, 0.2) is 0 Å². The normalized spacial score (nSPS) is 46.3. The summed E-state index contributed by atoms with van der Waals surface area (Å²) in [6.45, 7) is 6.48. The smallest absolute Gasteiger partial charge is 0.407 e. The number of fused-ring (bicyclic) bond motifs is 5. The van der Waals surface area contributed by atoms with Gasteiger partial charge in [0.25, 0.3) is 0 Å². The molecule has 9 atom stereocenters. The molecule has 0 aliphatic heterocycles. The minimum absolute atomic E-state index is 0.0444. The molecule has 5 N–H and O–H groups in total. The Morgan fingerprint density at radius 2 is 1.84 bits per heavy atom. The van der Waals surface area contributed by atoms with Crippen LogP contribution in [0.1, 0.15) is 85.0 Å². The second-order valence-electron chi connectivity index (χ2n) is 11.8. The van der Waals surface area contributed by atoms with Crippen molar-refractivity contribution >= 4 is 12.1 Å². The first kappa shape index (κ1) is 23.8. The van der Waals surface area contributed by atoms with Gasteiger partial charge in [0, 0.05) is 18.2 Å². The highest BCUT2D eigenvalue weighted by molar-refractivity contribution is 5.72. The first-order valence-corrected chi connectivity index (χ1v) is 12.6. The first-order chi connectivity index (χ1) is 15.0. The van der Waals surface area contributed by atoms with Crippen molar-refractivity contribution in [3.05, 3.63) is 0 Å². The number of carbonyl (C=O) groups is 2. The third-order valence-electron chi connectivity index (χ3n) is 10.5. The number of amides is 1. The van der Waals surface area contributed by atoms with Crippen molar-refractivity contribution in [2.24, 2.45) is 40.2 Å². The highest BCUT2D eigenvalue weighted by Crippen LogP contribution is 2.68. The van der Waals surface area contributed by atoms with Gasteiger partial charge in [-0.15, -0.1) is 0 Å². The summed E-state index contributed by atoms with van der Waals surface area (Å²) in [6, 6.07) is -0.102. The minimum Gasteiger partial charge on any atom is -0.481 e. The molecular weight excluding hydrogens is 408 g/mol. The van der Waals surface area contributed by atoms with Crippen LogP contribution in [0.2, 0.25) is 0 Å². The summed E-state index contributed by atoms with van der Waals surface area (Å²) in [5.41, 5.74) is 6.65. The molecule has 0 heterocycles. The molecule has 4 fully saturated rings. The Bertz CT molecular complexity index is 746. The molecule has 0 radical (unpaired) electrons. The molecular formula is C25H42N2O5. The monoisotopic (exact) mass is 450 g/mol. The minimum atomic E-state index is -0.678. The molecule has 1 amide bonds. The summed E-state index contributed by atoms with van der Waals surface area (Å²) in [5.74, 6) is 0.408. The zero-order valence-electron chi connectivity index (χ0n) is 19.9. The maximum Gasteiger partial charge on any atom is 0.407 e. The molecule has 4 saturated carbocycles. The lowest BCUT2D eigenvalue weighted by atomic mass is 9.42. The van der Waals surface area contributed by atoms with Crippen LogP contribution in [0.5, 0.6) is 0 Å². The van der Waals surface area contributed by atoms with E-state index in [0.29, 0.717) is 30.6 Å². The molecule has 0 saturated heterocycles. The van der Waals surface area contributed by atoms with Crippen LogP contribution in [0, 0.1) is 34.5 Å². The Kier molecular flexibility index (Phi) is 6.29. The average molecular weight is 451 g/mol. The van der Waals surface area contributed by atoms with Gasteiger partial charge in [-0.2, -0.15) is 0 Å². The maximum atomic E-state index is 12.3. The molecule has 0 spiro atoms. The number of aliphatic hydroxyl groups excluding tert-OH is 1. The van der Waals surface area contributed by atoms with Gasteiger partial charge >= 0.3 is 12.1 Å². The Labute approximate surface area is 191 Å². The van der Waals surface area contributed by atoms with E-state index < -0.39 is 5.97 Å². The van der Waals surface area contributed by atoms with Gasteiger partial charge in [0.1, 0.15) is 6.10 Å². The van der Waals surface area contributed by atoms with Gasteiger partial charge in [-0.1, -0.05) is 13.8 Å². The SMILES string of the molecule is CC(CCO)NC(=O)OC1CC[C@@]2(C)C(CC[C@@H]3[C@H]2CC[C@]2(C)C(C(=O)O)CC[C@@]32N)C1. The molecule has 4 aliphatic rings. The number of carboxylic acid groups (broad SMARTS) is 1. The van der Waals surface area contributed by atoms with Crippen LogP contribution in [-0.4, -0.2) is 46.6 Å². The van der Waals surface area contributed by atoms with Gasteiger partial charge in [0.05, 0.1) is 5.92 Å². The van der Waals surface area contributed by atoms with E-state index in [-0.39, 0.29) is 47.1 Å². The fraction of sp³-hybridized carbons (Fsp3) is 0.920. The second kappa shape index (κ2) is 8.46. The predicted octanol–water partition coefficient (Wildman–Crippen LogP) is 3.68. The number of rotatable bonds is 5. The number of carbonyl (C=O) groups excluding carboxylic acids is 1. The van der Waals surface area contributed by atoms with E-state index in [9.17, 15) is 14.7 Å². The molecule has 182 valence electrons. The number of aliphatic carboxylic acids is 1. The molecule has 7 heteroatoms. The standard InChI is InChI=1S/C25H42N2O5/c1-15(9-13-28)27-22(31)32-17-6-10-23(2)16(14-17)4-5-19-18(23)7-11-24(3)20(21(29)30)8-12-25(19,24)26/h15-20,28H,4-14,26H2,1-3H3,(H,27,31)(H,29,30)/t15?,16?,17?,18-,19-,20?,23+,24-,25-/m1/s1. The predicted molar refractivity (Wildman–Crippen MR) is 121 cm³/mol. The summed E-state index contributed by atoms with van der Waals surface area (Å²) in [4.78, 5) is 24.2. The summed E-state index contributed by atoms with van der Waals surface area (Å²) >= 11 is 0. The summed E-state index contributed by atoms with van der Waals surface area (Å²) in [7, 11) is 0. The van der Waals surface area contributed by atoms with Gasteiger partial charge in [-0.3, -0.25) is 4.79 Å².